The summed E-state index contributed by atoms with van der Waals surface area (Å²) in [6.45, 7) is 5.14. The van der Waals surface area contributed by atoms with Gasteiger partial charge in [-0.2, -0.15) is 0 Å². The largest absolute Gasteiger partial charge is 0.493 e. The fraction of sp³-hybridized carbons (Fsp3) is 0.371. The third-order valence-corrected chi connectivity index (χ3v) is 7.78. The Hall–Kier alpha value is -4.46. The molecule has 1 N–H and O–H groups in total. The van der Waals surface area contributed by atoms with E-state index in [1.807, 2.05) is 6.92 Å². The number of amides is 1. The lowest BCUT2D eigenvalue weighted by Crippen LogP contribution is -2.40. The first kappa shape index (κ1) is 30.0. The molecule has 2 saturated carbocycles. The third-order valence-electron chi connectivity index (χ3n) is 7.78. The van der Waals surface area contributed by atoms with Gasteiger partial charge in [0.05, 0.1) is 7.11 Å². The first-order valence-corrected chi connectivity index (χ1v) is 15.0. The summed E-state index contributed by atoms with van der Waals surface area (Å²) >= 11 is 0. The number of hydrogen-bond donors (Lipinski definition) is 1. The van der Waals surface area contributed by atoms with Crippen molar-refractivity contribution in [1.82, 2.24) is 10.3 Å². The third kappa shape index (κ3) is 7.31. The number of carbonyl (C=O) groups is 3. The second kappa shape index (κ2) is 13.2. The molecule has 43 heavy (non-hydrogen) atoms. The van der Waals surface area contributed by atoms with Crippen molar-refractivity contribution in [2.45, 2.75) is 77.2 Å². The minimum absolute atomic E-state index is 0.0934. The van der Waals surface area contributed by atoms with Crippen molar-refractivity contribution in [1.29, 1.82) is 0 Å². The first-order chi connectivity index (χ1) is 20.8. The fourth-order valence-electron chi connectivity index (χ4n) is 5.09. The van der Waals surface area contributed by atoms with Crippen molar-refractivity contribution in [3.8, 4) is 11.5 Å². The Kier molecular flexibility index (Phi) is 9.24. The molecule has 224 valence electrons. The summed E-state index contributed by atoms with van der Waals surface area (Å²) in [6, 6.07) is 17.4. The molecule has 8 heteroatoms. The summed E-state index contributed by atoms with van der Waals surface area (Å²) in [5.74, 6) is -0.0596. The zero-order valence-corrected chi connectivity index (χ0v) is 25.1. The zero-order valence-electron chi connectivity index (χ0n) is 25.1. The SMILES string of the molecule is CCCC(=O)Oc1c(OC)ccnc1C(=O)N[C@@H](C)C(=O)OC(C)=C(c1ccc(C2CC2)cc1)c1ccc(C2CC2)cc1. The Morgan fingerprint density at radius 1 is 0.907 bits per heavy atom. The maximum Gasteiger partial charge on any atom is 0.333 e. The summed E-state index contributed by atoms with van der Waals surface area (Å²) in [5.41, 5.74) is 5.20. The number of aromatic nitrogens is 1. The van der Waals surface area contributed by atoms with Crippen LogP contribution < -0.4 is 14.8 Å². The number of hydrogen-bond acceptors (Lipinski definition) is 7. The summed E-state index contributed by atoms with van der Waals surface area (Å²) in [7, 11) is 1.40. The number of carbonyl (C=O) groups excluding carboxylic acids is 3. The van der Waals surface area contributed by atoms with E-state index in [1.54, 1.807) is 6.92 Å². The van der Waals surface area contributed by atoms with Gasteiger partial charge < -0.3 is 19.5 Å². The Balaban J connectivity index is 1.36. The fourth-order valence-corrected chi connectivity index (χ4v) is 5.09. The van der Waals surface area contributed by atoms with Crippen LogP contribution in [0.5, 0.6) is 11.5 Å². The number of methoxy groups -OCH3 is 1. The topological polar surface area (TPSA) is 104 Å². The van der Waals surface area contributed by atoms with Gasteiger partial charge in [-0.3, -0.25) is 9.59 Å². The number of nitrogens with zero attached hydrogens (tertiary/aromatic N) is 1. The average Bonchev–Trinajstić information content (AvgIpc) is 3.92. The van der Waals surface area contributed by atoms with Crippen LogP contribution in [0.2, 0.25) is 0 Å². The van der Waals surface area contributed by atoms with Crippen molar-refractivity contribution < 1.29 is 28.6 Å². The molecular weight excluding hydrogens is 544 g/mol. The molecule has 0 radical (unpaired) electrons. The smallest absolute Gasteiger partial charge is 0.333 e. The molecule has 1 heterocycles. The molecule has 8 nitrogen and oxygen atoms in total. The predicted molar refractivity (Wildman–Crippen MR) is 163 cm³/mol. The van der Waals surface area contributed by atoms with Gasteiger partial charge in [0.25, 0.3) is 5.91 Å². The highest BCUT2D eigenvalue weighted by Gasteiger charge is 2.27. The first-order valence-electron chi connectivity index (χ1n) is 15.0. The molecule has 2 aliphatic carbocycles. The molecule has 3 aromatic rings. The second-order valence-corrected chi connectivity index (χ2v) is 11.3. The van der Waals surface area contributed by atoms with Gasteiger partial charge in [0.1, 0.15) is 11.8 Å². The molecule has 5 rings (SSSR count). The van der Waals surface area contributed by atoms with Gasteiger partial charge in [-0.1, -0.05) is 55.5 Å². The minimum Gasteiger partial charge on any atom is -0.493 e. The van der Waals surface area contributed by atoms with E-state index in [0.29, 0.717) is 24.0 Å². The van der Waals surface area contributed by atoms with Crippen LogP contribution in [0.3, 0.4) is 0 Å². The van der Waals surface area contributed by atoms with Crippen LogP contribution in [-0.4, -0.2) is 36.0 Å². The summed E-state index contributed by atoms with van der Waals surface area (Å²) < 4.78 is 16.6. The number of allylic oxidation sites excluding steroid dienone is 1. The molecule has 0 bridgehead atoms. The van der Waals surface area contributed by atoms with Crippen LogP contribution in [-0.2, 0) is 14.3 Å². The molecule has 1 amide bonds. The molecule has 2 aromatic carbocycles. The van der Waals surface area contributed by atoms with E-state index in [-0.39, 0.29) is 23.6 Å². The Morgan fingerprint density at radius 3 is 1.95 bits per heavy atom. The lowest BCUT2D eigenvalue weighted by molar-refractivity contribution is -0.141. The minimum atomic E-state index is -1.02. The maximum atomic E-state index is 13.3. The lowest BCUT2D eigenvalue weighted by atomic mass is 9.94. The molecular formula is C35H38N2O6. The van der Waals surface area contributed by atoms with E-state index in [2.05, 4.69) is 58.8 Å². The number of ether oxygens (including phenoxy) is 3. The monoisotopic (exact) mass is 582 g/mol. The van der Waals surface area contributed by atoms with Crippen molar-refractivity contribution >= 4 is 23.4 Å². The van der Waals surface area contributed by atoms with Crippen molar-refractivity contribution in [2.75, 3.05) is 7.11 Å². The highest BCUT2D eigenvalue weighted by molar-refractivity contribution is 5.99. The highest BCUT2D eigenvalue weighted by Crippen LogP contribution is 2.42. The maximum absolute atomic E-state index is 13.3. The van der Waals surface area contributed by atoms with Crippen LogP contribution in [0, 0.1) is 0 Å². The van der Waals surface area contributed by atoms with Crippen LogP contribution in [0.1, 0.15) is 104 Å². The van der Waals surface area contributed by atoms with Crippen LogP contribution >= 0.6 is 0 Å². The molecule has 0 spiro atoms. The number of rotatable bonds is 12. The molecule has 1 atom stereocenters. The zero-order chi connectivity index (χ0) is 30.5. The summed E-state index contributed by atoms with van der Waals surface area (Å²) in [6.07, 6.45) is 7.00. The predicted octanol–water partition coefficient (Wildman–Crippen LogP) is 6.69. The second-order valence-electron chi connectivity index (χ2n) is 11.3. The highest BCUT2D eigenvalue weighted by atomic mass is 16.6. The molecule has 1 aromatic heterocycles. The van der Waals surface area contributed by atoms with Crippen LogP contribution in [0.4, 0.5) is 0 Å². The van der Waals surface area contributed by atoms with Gasteiger partial charge in [-0.25, -0.2) is 9.78 Å². The van der Waals surface area contributed by atoms with Gasteiger partial charge >= 0.3 is 11.9 Å². The van der Waals surface area contributed by atoms with Gasteiger partial charge in [0, 0.05) is 24.3 Å². The van der Waals surface area contributed by atoms with Gasteiger partial charge in [0.2, 0.25) is 5.75 Å². The van der Waals surface area contributed by atoms with E-state index < -0.39 is 23.9 Å². The molecule has 0 saturated heterocycles. The molecule has 2 fully saturated rings. The average molecular weight is 583 g/mol. The molecule has 0 aliphatic heterocycles. The quantitative estimate of drug-likeness (QED) is 0.187. The number of benzene rings is 2. The van der Waals surface area contributed by atoms with E-state index >= 15 is 0 Å². The standard InChI is InChI=1S/C35H38N2O6/c1-5-6-30(38)43-33-29(41-4)19-20-36-32(33)34(39)37-21(2)35(40)42-22(3)31(27-15-11-25(12-16-27)23-7-8-23)28-17-13-26(14-18-28)24-9-10-24/h11-21,23-24H,5-10H2,1-4H3,(H,37,39)/t21-/m0/s1. The Bertz CT molecular complexity index is 1460. The van der Waals surface area contributed by atoms with Gasteiger partial charge in [-0.15, -0.1) is 0 Å². The van der Waals surface area contributed by atoms with E-state index in [4.69, 9.17) is 14.2 Å². The number of nitrogens with one attached hydrogen (secondary N) is 1. The van der Waals surface area contributed by atoms with Gasteiger partial charge in [0.15, 0.2) is 11.4 Å². The number of esters is 2. The number of pyridine rings is 1. The van der Waals surface area contributed by atoms with Crippen molar-refractivity contribution in [2.24, 2.45) is 0 Å². The Labute approximate surface area is 252 Å². The summed E-state index contributed by atoms with van der Waals surface area (Å²) in [4.78, 5) is 42.8. The van der Waals surface area contributed by atoms with Crippen LogP contribution in [0.25, 0.3) is 5.57 Å². The van der Waals surface area contributed by atoms with E-state index in [1.165, 1.54) is 63.1 Å². The normalized spacial score (nSPS) is 14.8. The van der Waals surface area contributed by atoms with Crippen molar-refractivity contribution in [3.05, 3.63) is 94.5 Å². The van der Waals surface area contributed by atoms with Gasteiger partial charge in [-0.05, 0) is 80.0 Å². The summed E-state index contributed by atoms with van der Waals surface area (Å²) in [5, 5.41) is 2.63. The Morgan fingerprint density at radius 2 is 1.47 bits per heavy atom. The lowest BCUT2D eigenvalue weighted by Gasteiger charge is -2.18. The van der Waals surface area contributed by atoms with Crippen molar-refractivity contribution in [3.63, 3.8) is 0 Å². The molecule has 2 aliphatic rings. The van der Waals surface area contributed by atoms with E-state index in [9.17, 15) is 14.4 Å². The molecule has 0 unspecified atom stereocenters. The van der Waals surface area contributed by atoms with E-state index in [0.717, 1.165) is 16.7 Å². The van der Waals surface area contributed by atoms with Crippen LogP contribution in [0.15, 0.2) is 66.6 Å².